The zero-order chi connectivity index (χ0) is 9.76. The summed E-state index contributed by atoms with van der Waals surface area (Å²) < 4.78 is 13.2. The van der Waals surface area contributed by atoms with Crippen LogP contribution >= 0.6 is 0 Å². The summed E-state index contributed by atoms with van der Waals surface area (Å²) in [5.74, 6) is 0.643. The van der Waals surface area contributed by atoms with Crippen molar-refractivity contribution in [3.05, 3.63) is 35.1 Å². The van der Waals surface area contributed by atoms with E-state index in [4.69, 9.17) is 0 Å². The van der Waals surface area contributed by atoms with Crippen LogP contribution in [0.4, 0.5) is 4.39 Å². The smallest absolute Gasteiger partial charge is 0.123 e. The zero-order valence-corrected chi connectivity index (χ0v) is 8.52. The summed E-state index contributed by atoms with van der Waals surface area (Å²) in [5.41, 5.74) is 2.98. The molecule has 0 spiro atoms. The molecule has 74 valence electrons. The Morgan fingerprint density at radius 1 is 1.29 bits per heavy atom. The van der Waals surface area contributed by atoms with Crippen LogP contribution in [-0.4, -0.2) is 0 Å². The highest BCUT2D eigenvalue weighted by Crippen LogP contribution is 2.52. The van der Waals surface area contributed by atoms with Crippen molar-refractivity contribution in [1.29, 1.82) is 0 Å². The zero-order valence-electron chi connectivity index (χ0n) is 8.52. The first-order valence-electron chi connectivity index (χ1n) is 5.49. The first kappa shape index (κ1) is 8.46. The number of hydrogen-bond acceptors (Lipinski definition) is 0. The van der Waals surface area contributed by atoms with Gasteiger partial charge >= 0.3 is 0 Å². The van der Waals surface area contributed by atoms with Crippen molar-refractivity contribution in [2.75, 3.05) is 0 Å². The molecular formula is C13H15F. The summed E-state index contributed by atoms with van der Waals surface area (Å²) in [6.07, 6.45) is 5.09. The van der Waals surface area contributed by atoms with Gasteiger partial charge in [0.2, 0.25) is 0 Å². The summed E-state index contributed by atoms with van der Waals surface area (Å²) in [6, 6.07) is 5.38. The third-order valence-corrected chi connectivity index (χ3v) is 4.19. The van der Waals surface area contributed by atoms with Gasteiger partial charge in [0.05, 0.1) is 0 Å². The highest BCUT2D eigenvalue weighted by atomic mass is 19.1. The Bertz CT molecular complexity index is 373. The molecule has 0 atom stereocenters. The van der Waals surface area contributed by atoms with E-state index in [0.29, 0.717) is 5.92 Å². The number of halogens is 1. The van der Waals surface area contributed by atoms with Crippen LogP contribution in [0.15, 0.2) is 18.2 Å². The molecule has 0 saturated heterocycles. The van der Waals surface area contributed by atoms with Gasteiger partial charge in [-0.3, -0.25) is 0 Å². The Morgan fingerprint density at radius 3 is 2.71 bits per heavy atom. The minimum atomic E-state index is -0.0717. The molecule has 0 unspecified atom stereocenters. The highest BCUT2D eigenvalue weighted by Gasteiger charge is 2.41. The summed E-state index contributed by atoms with van der Waals surface area (Å²) in [7, 11) is 0. The van der Waals surface area contributed by atoms with E-state index in [1.165, 1.54) is 36.8 Å². The van der Waals surface area contributed by atoms with E-state index in [-0.39, 0.29) is 11.2 Å². The maximum Gasteiger partial charge on any atom is 0.123 e. The molecular weight excluding hydrogens is 175 g/mol. The lowest BCUT2D eigenvalue weighted by molar-refractivity contribution is 0.256. The minimum absolute atomic E-state index is 0.0717. The van der Waals surface area contributed by atoms with E-state index in [1.807, 2.05) is 6.07 Å². The first-order valence-corrected chi connectivity index (χ1v) is 5.49. The second kappa shape index (κ2) is 2.59. The lowest BCUT2D eigenvalue weighted by Crippen LogP contribution is -2.35. The van der Waals surface area contributed by atoms with Gasteiger partial charge in [-0.2, -0.15) is 0 Å². The normalized spacial score (nSPS) is 34.3. The van der Waals surface area contributed by atoms with Gasteiger partial charge < -0.3 is 0 Å². The lowest BCUT2D eigenvalue weighted by atomic mass is 9.59. The Hall–Kier alpha value is -0.850. The van der Waals surface area contributed by atoms with E-state index < -0.39 is 0 Å². The van der Waals surface area contributed by atoms with Crippen LogP contribution in [0.1, 0.15) is 49.7 Å². The van der Waals surface area contributed by atoms with Gasteiger partial charge in [-0.1, -0.05) is 13.0 Å². The Morgan fingerprint density at radius 2 is 2.00 bits per heavy atom. The van der Waals surface area contributed by atoms with Gasteiger partial charge in [0.15, 0.2) is 0 Å². The lowest BCUT2D eigenvalue weighted by Gasteiger charge is -2.46. The molecule has 0 aliphatic heterocycles. The molecule has 0 aromatic heterocycles. The van der Waals surface area contributed by atoms with Crippen LogP contribution in [0.25, 0.3) is 0 Å². The molecule has 0 nitrogen and oxygen atoms in total. The van der Waals surface area contributed by atoms with E-state index >= 15 is 0 Å². The Balaban J connectivity index is 2.23. The van der Waals surface area contributed by atoms with Gasteiger partial charge in [0.1, 0.15) is 5.82 Å². The van der Waals surface area contributed by atoms with Crippen LogP contribution in [0.2, 0.25) is 0 Å². The highest BCUT2D eigenvalue weighted by molar-refractivity contribution is 5.41. The van der Waals surface area contributed by atoms with Crippen molar-refractivity contribution >= 4 is 0 Å². The molecule has 0 radical (unpaired) electrons. The molecule has 3 aliphatic rings. The van der Waals surface area contributed by atoms with Crippen molar-refractivity contribution in [2.24, 2.45) is 0 Å². The number of benzene rings is 1. The molecule has 1 aromatic rings. The molecule has 1 heteroatoms. The molecule has 2 bridgehead atoms. The van der Waals surface area contributed by atoms with Crippen LogP contribution in [0.3, 0.4) is 0 Å². The van der Waals surface area contributed by atoms with Crippen LogP contribution in [0.5, 0.6) is 0 Å². The Labute approximate surface area is 84.1 Å². The molecule has 3 aliphatic carbocycles. The van der Waals surface area contributed by atoms with Gasteiger partial charge in [-0.25, -0.2) is 4.39 Å². The molecule has 4 rings (SSSR count). The second-order valence-electron chi connectivity index (χ2n) is 5.07. The van der Waals surface area contributed by atoms with Gasteiger partial charge in [0.25, 0.3) is 0 Å². The first-order chi connectivity index (χ1) is 6.69. The van der Waals surface area contributed by atoms with Gasteiger partial charge in [-0.15, -0.1) is 0 Å². The van der Waals surface area contributed by atoms with E-state index in [9.17, 15) is 4.39 Å². The van der Waals surface area contributed by atoms with Crippen molar-refractivity contribution in [3.8, 4) is 0 Å². The minimum Gasteiger partial charge on any atom is -0.207 e. The molecule has 0 N–H and O–H groups in total. The molecule has 0 heterocycles. The number of rotatable bonds is 0. The molecule has 1 saturated carbocycles. The Kier molecular flexibility index (Phi) is 1.56. The van der Waals surface area contributed by atoms with Gasteiger partial charge in [0, 0.05) is 0 Å². The topological polar surface area (TPSA) is 0 Å². The van der Waals surface area contributed by atoms with E-state index in [0.717, 1.165) is 0 Å². The average molecular weight is 190 g/mol. The molecule has 14 heavy (non-hydrogen) atoms. The summed E-state index contributed by atoms with van der Waals surface area (Å²) >= 11 is 0. The van der Waals surface area contributed by atoms with Crippen molar-refractivity contribution in [3.63, 3.8) is 0 Å². The third kappa shape index (κ3) is 0.985. The second-order valence-corrected chi connectivity index (χ2v) is 5.07. The van der Waals surface area contributed by atoms with Crippen molar-refractivity contribution in [2.45, 2.75) is 43.9 Å². The fourth-order valence-electron chi connectivity index (χ4n) is 3.24. The van der Waals surface area contributed by atoms with E-state index in [2.05, 4.69) is 6.92 Å². The fraction of sp³-hybridized carbons (Fsp3) is 0.538. The largest absolute Gasteiger partial charge is 0.207 e. The third-order valence-electron chi connectivity index (χ3n) is 4.19. The molecule has 0 amide bonds. The predicted octanol–water partition coefficient (Wildman–Crippen LogP) is 3.75. The van der Waals surface area contributed by atoms with Crippen LogP contribution in [-0.2, 0) is 5.41 Å². The maximum atomic E-state index is 13.2. The monoisotopic (exact) mass is 190 g/mol. The fourth-order valence-corrected chi connectivity index (χ4v) is 3.24. The van der Waals surface area contributed by atoms with Crippen molar-refractivity contribution in [1.82, 2.24) is 0 Å². The van der Waals surface area contributed by atoms with E-state index in [1.54, 1.807) is 12.1 Å². The quantitative estimate of drug-likeness (QED) is 0.584. The van der Waals surface area contributed by atoms with Crippen LogP contribution < -0.4 is 0 Å². The summed E-state index contributed by atoms with van der Waals surface area (Å²) in [6.45, 7) is 2.29. The molecule has 1 aromatic carbocycles. The molecule has 1 fully saturated rings. The average Bonchev–Trinajstić information content (AvgIpc) is 2.19. The standard InChI is InChI=1S/C13H15F/c1-13-6-4-9(5-7-13)11-3-2-10(14)8-12(11)13/h2-3,8-9H,4-7H2,1H3. The maximum absolute atomic E-state index is 13.2. The number of fused-ring (bicyclic) bond motifs is 2. The summed E-state index contributed by atoms with van der Waals surface area (Å²) in [4.78, 5) is 0. The van der Waals surface area contributed by atoms with Crippen LogP contribution in [0, 0.1) is 5.82 Å². The summed E-state index contributed by atoms with van der Waals surface area (Å²) in [5, 5.41) is 0. The SMILES string of the molecule is CC12CCC(CC1)c1ccc(F)cc12. The van der Waals surface area contributed by atoms with Crippen molar-refractivity contribution < 1.29 is 4.39 Å². The van der Waals surface area contributed by atoms with Gasteiger partial charge in [-0.05, 0) is 60.3 Å². The number of hydrogen-bond donors (Lipinski definition) is 0. The predicted molar refractivity (Wildman–Crippen MR) is 55.0 cm³/mol.